The quantitative estimate of drug-likeness (QED) is 0.481. The van der Waals surface area contributed by atoms with Gasteiger partial charge in [0.1, 0.15) is 0 Å². The van der Waals surface area contributed by atoms with Crippen molar-refractivity contribution < 1.29 is 9.72 Å². The molecule has 1 amide bonds. The number of carbonyl (C=O) groups excluding carboxylic acids is 1. The van der Waals surface area contributed by atoms with Crippen molar-refractivity contribution in [3.8, 4) is 0 Å². The zero-order chi connectivity index (χ0) is 14.4. The van der Waals surface area contributed by atoms with Crippen molar-refractivity contribution in [1.29, 1.82) is 0 Å². The SMILES string of the molecule is CNCCCN(C)C(=O)c1ccc([N+](=O)[O-])c(C)c1. The second-order valence-corrected chi connectivity index (χ2v) is 4.44. The van der Waals surface area contributed by atoms with E-state index in [1.54, 1.807) is 24.9 Å². The zero-order valence-corrected chi connectivity index (χ0v) is 11.5. The maximum atomic E-state index is 12.1. The van der Waals surface area contributed by atoms with Gasteiger partial charge in [0.2, 0.25) is 0 Å². The number of benzene rings is 1. The molecule has 6 nitrogen and oxygen atoms in total. The van der Waals surface area contributed by atoms with E-state index >= 15 is 0 Å². The molecule has 104 valence electrons. The average Bonchev–Trinajstić information content (AvgIpc) is 2.37. The first-order valence-corrected chi connectivity index (χ1v) is 6.12. The van der Waals surface area contributed by atoms with Gasteiger partial charge in [0.15, 0.2) is 0 Å². The fraction of sp³-hybridized carbons (Fsp3) is 0.462. The molecule has 0 atom stereocenters. The predicted octanol–water partition coefficient (Wildman–Crippen LogP) is 1.58. The monoisotopic (exact) mass is 265 g/mol. The highest BCUT2D eigenvalue weighted by Gasteiger charge is 2.16. The number of nitrogens with zero attached hydrogens (tertiary/aromatic N) is 2. The van der Waals surface area contributed by atoms with Crippen molar-refractivity contribution in [2.75, 3.05) is 27.2 Å². The highest BCUT2D eigenvalue weighted by Crippen LogP contribution is 2.19. The molecule has 1 rings (SSSR count). The van der Waals surface area contributed by atoms with Crippen LogP contribution in [0.3, 0.4) is 0 Å². The van der Waals surface area contributed by atoms with Gasteiger partial charge in [-0.1, -0.05) is 0 Å². The molecule has 0 unspecified atom stereocenters. The molecule has 1 N–H and O–H groups in total. The number of nitrogens with one attached hydrogen (secondary N) is 1. The first-order valence-electron chi connectivity index (χ1n) is 6.12. The number of amides is 1. The predicted molar refractivity (Wildman–Crippen MR) is 73.3 cm³/mol. The molecule has 19 heavy (non-hydrogen) atoms. The summed E-state index contributed by atoms with van der Waals surface area (Å²) in [6.07, 6.45) is 0.866. The van der Waals surface area contributed by atoms with Gasteiger partial charge in [0, 0.05) is 30.8 Å². The third-order valence-corrected chi connectivity index (χ3v) is 2.91. The Balaban J connectivity index is 2.77. The fourth-order valence-electron chi connectivity index (χ4n) is 1.81. The van der Waals surface area contributed by atoms with Crippen molar-refractivity contribution in [3.05, 3.63) is 39.4 Å². The summed E-state index contributed by atoms with van der Waals surface area (Å²) in [7, 11) is 3.59. The Morgan fingerprint density at radius 1 is 1.47 bits per heavy atom. The third-order valence-electron chi connectivity index (χ3n) is 2.91. The highest BCUT2D eigenvalue weighted by atomic mass is 16.6. The molecule has 0 heterocycles. The van der Waals surface area contributed by atoms with Gasteiger partial charge in [-0.15, -0.1) is 0 Å². The summed E-state index contributed by atoms with van der Waals surface area (Å²) >= 11 is 0. The van der Waals surface area contributed by atoms with Gasteiger partial charge < -0.3 is 10.2 Å². The standard InChI is InChI=1S/C13H19N3O3/c1-10-9-11(5-6-12(10)16(18)19)13(17)15(3)8-4-7-14-2/h5-6,9,14H,4,7-8H2,1-3H3. The molecular formula is C13H19N3O3. The average molecular weight is 265 g/mol. The maximum Gasteiger partial charge on any atom is 0.272 e. The molecule has 0 bridgehead atoms. The molecule has 6 heteroatoms. The van der Waals surface area contributed by atoms with Gasteiger partial charge in [0.25, 0.3) is 11.6 Å². The van der Waals surface area contributed by atoms with Gasteiger partial charge >= 0.3 is 0 Å². The lowest BCUT2D eigenvalue weighted by atomic mass is 10.1. The number of hydrogen-bond donors (Lipinski definition) is 1. The van der Waals surface area contributed by atoms with Gasteiger partial charge in [-0.2, -0.15) is 0 Å². The minimum atomic E-state index is -0.444. The van der Waals surface area contributed by atoms with E-state index in [1.165, 1.54) is 12.1 Å². The lowest BCUT2D eigenvalue weighted by Gasteiger charge is -2.17. The fourth-order valence-corrected chi connectivity index (χ4v) is 1.81. The molecule has 1 aromatic rings. The van der Waals surface area contributed by atoms with Crippen LogP contribution in [0.2, 0.25) is 0 Å². The number of hydrogen-bond acceptors (Lipinski definition) is 4. The largest absolute Gasteiger partial charge is 0.342 e. The van der Waals surface area contributed by atoms with E-state index in [2.05, 4.69) is 5.32 Å². The summed E-state index contributed by atoms with van der Waals surface area (Å²) in [6.45, 7) is 3.13. The number of carbonyl (C=O) groups is 1. The molecular weight excluding hydrogens is 246 g/mol. The number of rotatable bonds is 6. The minimum absolute atomic E-state index is 0.0365. The van der Waals surface area contributed by atoms with E-state index in [9.17, 15) is 14.9 Å². The Kier molecular flexibility index (Phi) is 5.44. The number of aryl methyl sites for hydroxylation is 1. The Labute approximate surface area is 112 Å². The molecule has 0 saturated heterocycles. The van der Waals surface area contributed by atoms with Gasteiger partial charge in [-0.3, -0.25) is 14.9 Å². The molecule has 0 aliphatic carbocycles. The second kappa shape index (κ2) is 6.84. The molecule has 0 fully saturated rings. The van der Waals surface area contributed by atoms with Crippen LogP contribution in [-0.2, 0) is 0 Å². The number of nitro groups is 1. The van der Waals surface area contributed by atoms with Crippen molar-refractivity contribution >= 4 is 11.6 Å². The summed E-state index contributed by atoms with van der Waals surface area (Å²) in [5.74, 6) is -0.117. The van der Waals surface area contributed by atoms with Gasteiger partial charge in [-0.05, 0) is 39.1 Å². The van der Waals surface area contributed by atoms with Gasteiger partial charge in [0.05, 0.1) is 4.92 Å². The lowest BCUT2D eigenvalue weighted by molar-refractivity contribution is -0.385. The molecule has 0 aliphatic rings. The van der Waals surface area contributed by atoms with Gasteiger partial charge in [-0.25, -0.2) is 0 Å². The Morgan fingerprint density at radius 2 is 2.16 bits per heavy atom. The summed E-state index contributed by atoms with van der Waals surface area (Å²) < 4.78 is 0. The maximum absolute atomic E-state index is 12.1. The van der Waals surface area contributed by atoms with Crippen LogP contribution in [0.25, 0.3) is 0 Å². The van der Waals surface area contributed by atoms with E-state index < -0.39 is 4.92 Å². The van der Waals surface area contributed by atoms with E-state index in [1.807, 2.05) is 7.05 Å². The number of nitro benzene ring substituents is 1. The second-order valence-electron chi connectivity index (χ2n) is 4.44. The van der Waals surface area contributed by atoms with Crippen molar-refractivity contribution in [1.82, 2.24) is 10.2 Å². The first-order chi connectivity index (χ1) is 8.97. The van der Waals surface area contributed by atoms with Crippen LogP contribution in [0.1, 0.15) is 22.3 Å². The molecule has 0 aliphatic heterocycles. The lowest BCUT2D eigenvalue weighted by Crippen LogP contribution is -2.29. The van der Waals surface area contributed by atoms with Crippen LogP contribution in [0.5, 0.6) is 0 Å². The van der Waals surface area contributed by atoms with Crippen LogP contribution < -0.4 is 5.32 Å². The van der Waals surface area contributed by atoms with E-state index in [4.69, 9.17) is 0 Å². The summed E-state index contributed by atoms with van der Waals surface area (Å²) in [6, 6.07) is 4.45. The smallest absolute Gasteiger partial charge is 0.272 e. The molecule has 0 radical (unpaired) electrons. The van der Waals surface area contributed by atoms with E-state index in [0.717, 1.165) is 13.0 Å². The van der Waals surface area contributed by atoms with E-state index in [-0.39, 0.29) is 11.6 Å². The topological polar surface area (TPSA) is 75.5 Å². The van der Waals surface area contributed by atoms with E-state index in [0.29, 0.717) is 17.7 Å². The first kappa shape index (κ1) is 15.1. The summed E-state index contributed by atoms with van der Waals surface area (Å²) in [4.78, 5) is 24.0. The molecule has 0 aromatic heterocycles. The Bertz CT molecular complexity index is 474. The summed E-state index contributed by atoms with van der Waals surface area (Å²) in [5.41, 5.74) is 1.02. The van der Waals surface area contributed by atoms with Crippen LogP contribution in [0.4, 0.5) is 5.69 Å². The summed E-state index contributed by atoms with van der Waals surface area (Å²) in [5, 5.41) is 13.7. The van der Waals surface area contributed by atoms with Crippen LogP contribution in [-0.4, -0.2) is 42.9 Å². The molecule has 1 aromatic carbocycles. The normalized spacial score (nSPS) is 10.3. The zero-order valence-electron chi connectivity index (χ0n) is 11.5. The third kappa shape index (κ3) is 4.03. The Morgan fingerprint density at radius 3 is 2.68 bits per heavy atom. The van der Waals surface area contributed by atoms with Crippen LogP contribution in [0, 0.1) is 17.0 Å². The molecule has 0 saturated carbocycles. The van der Waals surface area contributed by atoms with Crippen molar-refractivity contribution in [2.45, 2.75) is 13.3 Å². The highest BCUT2D eigenvalue weighted by molar-refractivity contribution is 5.94. The Hall–Kier alpha value is -1.95. The van der Waals surface area contributed by atoms with Crippen LogP contribution in [0.15, 0.2) is 18.2 Å². The van der Waals surface area contributed by atoms with Crippen molar-refractivity contribution in [2.24, 2.45) is 0 Å². The van der Waals surface area contributed by atoms with Crippen LogP contribution >= 0.6 is 0 Å². The van der Waals surface area contributed by atoms with Crippen molar-refractivity contribution in [3.63, 3.8) is 0 Å². The minimum Gasteiger partial charge on any atom is -0.342 e. The molecule has 0 spiro atoms.